The monoisotopic (exact) mass is 349 g/mol. The van der Waals surface area contributed by atoms with E-state index in [0.717, 1.165) is 10.9 Å². The number of amides is 1. The lowest BCUT2D eigenvalue weighted by molar-refractivity contribution is 0.0748. The largest absolute Gasteiger partial charge is 0.337 e. The summed E-state index contributed by atoms with van der Waals surface area (Å²) in [6, 6.07) is 10.7. The number of carbonyl (C=O) groups excluding carboxylic acids is 1. The number of aryl methyl sites for hydroxylation is 1. The number of fused-ring (bicyclic) bond motifs is 1. The van der Waals surface area contributed by atoms with Gasteiger partial charge in [0.05, 0.1) is 11.1 Å². The number of para-hydroxylation sites is 1. The van der Waals surface area contributed by atoms with Crippen molar-refractivity contribution in [2.75, 3.05) is 31.1 Å². The van der Waals surface area contributed by atoms with E-state index in [9.17, 15) is 9.59 Å². The summed E-state index contributed by atoms with van der Waals surface area (Å²) in [7, 11) is 1.72. The molecule has 3 aromatic rings. The number of benzene rings is 1. The molecule has 1 aliphatic heterocycles. The van der Waals surface area contributed by atoms with E-state index >= 15 is 0 Å². The van der Waals surface area contributed by atoms with Crippen LogP contribution in [0.25, 0.3) is 10.9 Å². The maximum atomic E-state index is 13.0. The van der Waals surface area contributed by atoms with Gasteiger partial charge in [0.2, 0.25) is 5.95 Å². The Hall–Kier alpha value is -3.22. The Kier molecular flexibility index (Phi) is 4.12. The molecule has 1 fully saturated rings. The first-order valence-corrected chi connectivity index (χ1v) is 8.55. The van der Waals surface area contributed by atoms with Gasteiger partial charge in [-0.05, 0) is 12.1 Å². The molecule has 0 unspecified atom stereocenters. The molecule has 0 saturated carbocycles. The van der Waals surface area contributed by atoms with Crippen molar-refractivity contribution in [3.8, 4) is 0 Å². The highest BCUT2D eigenvalue weighted by Crippen LogP contribution is 2.19. The Morgan fingerprint density at radius 1 is 1.00 bits per heavy atom. The molecule has 1 amide bonds. The smallest absolute Gasteiger partial charge is 0.254 e. The maximum absolute atomic E-state index is 13.0. The van der Waals surface area contributed by atoms with E-state index in [2.05, 4.69) is 14.9 Å². The molecule has 26 heavy (non-hydrogen) atoms. The lowest BCUT2D eigenvalue weighted by Crippen LogP contribution is -2.49. The van der Waals surface area contributed by atoms with E-state index in [-0.39, 0.29) is 11.5 Å². The molecule has 0 spiro atoms. The van der Waals surface area contributed by atoms with E-state index in [1.54, 1.807) is 35.0 Å². The zero-order chi connectivity index (χ0) is 18.1. The molecule has 0 radical (unpaired) electrons. The molecule has 4 rings (SSSR count). The number of nitrogens with zero attached hydrogens (tertiary/aromatic N) is 5. The molecule has 1 aliphatic rings. The fraction of sp³-hybridized carbons (Fsp3) is 0.263. The van der Waals surface area contributed by atoms with Gasteiger partial charge in [-0.25, -0.2) is 9.97 Å². The molecule has 1 aromatic carbocycles. The molecular weight excluding hydrogens is 330 g/mol. The van der Waals surface area contributed by atoms with Crippen LogP contribution in [0.2, 0.25) is 0 Å². The van der Waals surface area contributed by atoms with Gasteiger partial charge in [-0.2, -0.15) is 0 Å². The van der Waals surface area contributed by atoms with Crippen LogP contribution >= 0.6 is 0 Å². The number of aromatic nitrogens is 3. The fourth-order valence-electron chi connectivity index (χ4n) is 3.32. The SMILES string of the molecule is Cn1c(=O)cc(C(=O)N2CCN(c3ncccn3)CC2)c2ccccc21. The highest BCUT2D eigenvalue weighted by molar-refractivity contribution is 6.06. The summed E-state index contributed by atoms with van der Waals surface area (Å²) in [5.74, 6) is 0.575. The zero-order valence-corrected chi connectivity index (χ0v) is 14.5. The van der Waals surface area contributed by atoms with Crippen molar-refractivity contribution in [3.63, 3.8) is 0 Å². The molecule has 1 saturated heterocycles. The molecule has 3 heterocycles. The van der Waals surface area contributed by atoms with Crippen molar-refractivity contribution in [3.05, 3.63) is 64.7 Å². The average molecular weight is 349 g/mol. The summed E-state index contributed by atoms with van der Waals surface area (Å²) in [6.45, 7) is 2.47. The van der Waals surface area contributed by atoms with Crippen LogP contribution in [-0.4, -0.2) is 51.5 Å². The quantitative estimate of drug-likeness (QED) is 0.697. The molecule has 0 aliphatic carbocycles. The van der Waals surface area contributed by atoms with Crippen LogP contribution in [0.3, 0.4) is 0 Å². The Balaban J connectivity index is 1.59. The second-order valence-corrected chi connectivity index (χ2v) is 6.30. The lowest BCUT2D eigenvalue weighted by atomic mass is 10.1. The van der Waals surface area contributed by atoms with Gasteiger partial charge in [0.25, 0.3) is 11.5 Å². The number of rotatable bonds is 2. The number of carbonyl (C=O) groups is 1. The molecule has 0 N–H and O–H groups in total. The van der Waals surface area contributed by atoms with Gasteiger partial charge in [0.1, 0.15) is 0 Å². The van der Waals surface area contributed by atoms with Gasteiger partial charge < -0.3 is 14.4 Å². The van der Waals surface area contributed by atoms with E-state index in [0.29, 0.717) is 37.7 Å². The van der Waals surface area contributed by atoms with E-state index in [1.807, 2.05) is 24.3 Å². The minimum atomic E-state index is -0.177. The Morgan fingerprint density at radius 3 is 2.42 bits per heavy atom. The second kappa shape index (κ2) is 6.59. The third-order valence-electron chi connectivity index (χ3n) is 4.79. The number of piperazine rings is 1. The van der Waals surface area contributed by atoms with Gasteiger partial charge in [-0.3, -0.25) is 9.59 Å². The van der Waals surface area contributed by atoms with Crippen molar-refractivity contribution < 1.29 is 4.79 Å². The highest BCUT2D eigenvalue weighted by Gasteiger charge is 2.25. The molecule has 2 aromatic heterocycles. The summed E-state index contributed by atoms with van der Waals surface area (Å²) in [5, 5.41) is 0.799. The fourth-order valence-corrected chi connectivity index (χ4v) is 3.32. The molecule has 0 bridgehead atoms. The predicted molar refractivity (Wildman–Crippen MR) is 99.3 cm³/mol. The van der Waals surface area contributed by atoms with Gasteiger partial charge in [-0.15, -0.1) is 0 Å². The van der Waals surface area contributed by atoms with E-state index in [1.165, 1.54) is 6.07 Å². The zero-order valence-electron chi connectivity index (χ0n) is 14.5. The van der Waals surface area contributed by atoms with Crippen LogP contribution in [0.5, 0.6) is 0 Å². The Labute approximate surface area is 150 Å². The van der Waals surface area contributed by atoms with Crippen LogP contribution in [-0.2, 0) is 7.05 Å². The van der Waals surface area contributed by atoms with E-state index < -0.39 is 0 Å². The second-order valence-electron chi connectivity index (χ2n) is 6.30. The Morgan fingerprint density at radius 2 is 1.69 bits per heavy atom. The highest BCUT2D eigenvalue weighted by atomic mass is 16.2. The van der Waals surface area contributed by atoms with Crippen LogP contribution in [0, 0.1) is 0 Å². The van der Waals surface area contributed by atoms with Gasteiger partial charge >= 0.3 is 0 Å². The predicted octanol–water partition coefficient (Wildman–Crippen LogP) is 1.29. The first kappa shape index (κ1) is 16.3. The molecule has 0 atom stereocenters. The number of anilines is 1. The van der Waals surface area contributed by atoms with Crippen molar-refractivity contribution in [1.82, 2.24) is 19.4 Å². The number of hydrogen-bond donors (Lipinski definition) is 0. The number of hydrogen-bond acceptors (Lipinski definition) is 5. The summed E-state index contributed by atoms with van der Waals surface area (Å²) >= 11 is 0. The Bertz CT molecular complexity index is 1010. The van der Waals surface area contributed by atoms with Gasteiger partial charge in [0.15, 0.2) is 0 Å². The van der Waals surface area contributed by atoms with Crippen LogP contribution in [0.1, 0.15) is 10.4 Å². The molecule has 7 heteroatoms. The summed E-state index contributed by atoms with van der Waals surface area (Å²) in [6.07, 6.45) is 3.43. The first-order valence-electron chi connectivity index (χ1n) is 8.55. The summed E-state index contributed by atoms with van der Waals surface area (Å²) < 4.78 is 1.57. The van der Waals surface area contributed by atoms with Gasteiger partial charge in [-0.1, -0.05) is 18.2 Å². The van der Waals surface area contributed by atoms with E-state index in [4.69, 9.17) is 0 Å². The minimum Gasteiger partial charge on any atom is -0.337 e. The number of pyridine rings is 1. The van der Waals surface area contributed by atoms with Crippen molar-refractivity contribution in [1.29, 1.82) is 0 Å². The third kappa shape index (κ3) is 2.81. The molecular formula is C19H19N5O2. The molecule has 132 valence electrons. The van der Waals surface area contributed by atoms with Crippen LogP contribution in [0.15, 0.2) is 53.6 Å². The summed E-state index contributed by atoms with van der Waals surface area (Å²) in [5.41, 5.74) is 1.05. The standard InChI is InChI=1S/C19H19N5O2/c1-22-16-6-3-2-5-14(16)15(13-17(22)25)18(26)23-9-11-24(12-10-23)19-20-7-4-8-21-19/h2-8,13H,9-12H2,1H3. The lowest BCUT2D eigenvalue weighted by Gasteiger charge is -2.34. The van der Waals surface area contributed by atoms with Gasteiger partial charge in [0, 0.05) is 57.1 Å². The minimum absolute atomic E-state index is 0.104. The van der Waals surface area contributed by atoms with Crippen LogP contribution < -0.4 is 10.5 Å². The average Bonchev–Trinajstić information content (AvgIpc) is 2.71. The summed E-state index contributed by atoms with van der Waals surface area (Å²) in [4.78, 5) is 37.7. The topological polar surface area (TPSA) is 71.3 Å². The molecule has 7 nitrogen and oxygen atoms in total. The normalized spacial score (nSPS) is 14.7. The van der Waals surface area contributed by atoms with Crippen molar-refractivity contribution >= 4 is 22.8 Å². The maximum Gasteiger partial charge on any atom is 0.254 e. The van der Waals surface area contributed by atoms with Crippen LogP contribution in [0.4, 0.5) is 5.95 Å². The van der Waals surface area contributed by atoms with Crippen molar-refractivity contribution in [2.24, 2.45) is 7.05 Å². The first-order chi connectivity index (χ1) is 12.6. The third-order valence-corrected chi connectivity index (χ3v) is 4.79. The van der Waals surface area contributed by atoms with Crippen molar-refractivity contribution in [2.45, 2.75) is 0 Å².